The molecule has 0 heterocycles. The molecule has 52 valence electrons. The van der Waals surface area contributed by atoms with Gasteiger partial charge in [-0.3, -0.25) is 4.99 Å². The highest BCUT2D eigenvalue weighted by atomic mass is 14.7. The largest absolute Gasteiger partial charge is 0.326 e. The normalized spacial score (nSPS) is 11.7. The Morgan fingerprint density at radius 2 is 2.22 bits per heavy atom. The van der Waals surface area contributed by atoms with Gasteiger partial charge in [0.25, 0.3) is 0 Å². The summed E-state index contributed by atoms with van der Waals surface area (Å²) in [5, 5.41) is 7.17. The van der Waals surface area contributed by atoms with Crippen molar-refractivity contribution in [2.24, 2.45) is 10.7 Å². The lowest BCUT2D eigenvalue weighted by Gasteiger charge is -1.97. The molecule has 3 heteroatoms. The van der Waals surface area contributed by atoms with Gasteiger partial charge >= 0.3 is 0 Å². The monoisotopic (exact) mass is 127 g/mol. The van der Waals surface area contributed by atoms with Gasteiger partial charge in [0.15, 0.2) is 0 Å². The maximum atomic E-state index is 7.17. The van der Waals surface area contributed by atoms with Crippen LogP contribution in [0.25, 0.3) is 0 Å². The number of nitrogens with zero attached hydrogens (tertiary/aromatic N) is 1. The summed E-state index contributed by atoms with van der Waals surface area (Å²) in [5.41, 5.74) is 6.70. The molecular formula is C6H13N3. The van der Waals surface area contributed by atoms with Crippen LogP contribution in [0.3, 0.4) is 0 Å². The fourth-order valence-electron chi connectivity index (χ4n) is 0.460. The van der Waals surface area contributed by atoms with Crippen LogP contribution in [0.1, 0.15) is 13.3 Å². The van der Waals surface area contributed by atoms with Crippen LogP contribution in [-0.4, -0.2) is 25.0 Å². The molecule has 0 aliphatic carbocycles. The SMILES string of the molecule is CN=C(C)CC(=N)CN. The van der Waals surface area contributed by atoms with E-state index in [1.807, 2.05) is 6.92 Å². The Morgan fingerprint density at radius 1 is 1.67 bits per heavy atom. The topological polar surface area (TPSA) is 62.2 Å². The zero-order valence-corrected chi connectivity index (χ0v) is 5.94. The lowest BCUT2D eigenvalue weighted by Crippen LogP contribution is -2.15. The minimum atomic E-state index is 0.340. The number of hydrogen-bond donors (Lipinski definition) is 2. The van der Waals surface area contributed by atoms with Gasteiger partial charge in [0.2, 0.25) is 0 Å². The Bertz CT molecular complexity index is 126. The molecule has 0 amide bonds. The Kier molecular flexibility index (Phi) is 3.88. The molecule has 0 bridgehead atoms. The molecule has 0 aromatic rings. The fourth-order valence-corrected chi connectivity index (χ4v) is 0.460. The van der Waals surface area contributed by atoms with Gasteiger partial charge in [-0.15, -0.1) is 0 Å². The van der Waals surface area contributed by atoms with E-state index in [2.05, 4.69) is 4.99 Å². The summed E-state index contributed by atoms with van der Waals surface area (Å²) in [4.78, 5) is 3.90. The van der Waals surface area contributed by atoms with Crippen LogP contribution in [0, 0.1) is 5.41 Å². The molecule has 0 fully saturated rings. The zero-order valence-electron chi connectivity index (χ0n) is 5.94. The van der Waals surface area contributed by atoms with E-state index in [0.29, 0.717) is 18.7 Å². The molecule has 0 saturated carbocycles. The Labute approximate surface area is 55.5 Å². The van der Waals surface area contributed by atoms with Gasteiger partial charge in [0.1, 0.15) is 0 Å². The maximum Gasteiger partial charge on any atom is 0.0311 e. The summed E-state index contributed by atoms with van der Waals surface area (Å²) in [6.45, 7) is 2.23. The van der Waals surface area contributed by atoms with Crippen LogP contribution in [-0.2, 0) is 0 Å². The van der Waals surface area contributed by atoms with Crippen LogP contribution >= 0.6 is 0 Å². The van der Waals surface area contributed by atoms with Crippen molar-refractivity contribution in [3.05, 3.63) is 0 Å². The van der Waals surface area contributed by atoms with Crippen molar-refractivity contribution in [3.8, 4) is 0 Å². The second-order valence-corrected chi connectivity index (χ2v) is 1.94. The molecule has 0 spiro atoms. The third-order valence-corrected chi connectivity index (χ3v) is 1.10. The van der Waals surface area contributed by atoms with Crippen molar-refractivity contribution in [1.82, 2.24) is 0 Å². The lowest BCUT2D eigenvalue weighted by atomic mass is 10.2. The Balaban J connectivity index is 3.60. The van der Waals surface area contributed by atoms with E-state index < -0.39 is 0 Å². The van der Waals surface area contributed by atoms with E-state index in [-0.39, 0.29) is 0 Å². The van der Waals surface area contributed by atoms with Crippen LogP contribution < -0.4 is 5.73 Å². The van der Waals surface area contributed by atoms with Crippen LogP contribution in [0.15, 0.2) is 4.99 Å². The second kappa shape index (κ2) is 4.21. The molecule has 0 aromatic carbocycles. The predicted octanol–water partition coefficient (Wildman–Crippen LogP) is 0.446. The van der Waals surface area contributed by atoms with Gasteiger partial charge in [0.05, 0.1) is 0 Å². The van der Waals surface area contributed by atoms with Gasteiger partial charge in [-0.2, -0.15) is 0 Å². The highest BCUT2D eigenvalue weighted by molar-refractivity contribution is 6.02. The molecule has 0 unspecified atom stereocenters. The van der Waals surface area contributed by atoms with Crippen LogP contribution in [0.4, 0.5) is 0 Å². The smallest absolute Gasteiger partial charge is 0.0311 e. The standard InChI is InChI=1S/C6H13N3/c1-5(9-2)3-6(8)4-7/h8H,3-4,7H2,1-2H3. The maximum absolute atomic E-state index is 7.17. The number of nitrogens with one attached hydrogen (secondary N) is 1. The molecule has 3 nitrogen and oxygen atoms in total. The Morgan fingerprint density at radius 3 is 2.56 bits per heavy atom. The van der Waals surface area contributed by atoms with Crippen molar-refractivity contribution in [1.29, 1.82) is 5.41 Å². The highest BCUT2D eigenvalue weighted by Crippen LogP contribution is 1.85. The summed E-state index contributed by atoms with van der Waals surface area (Å²) in [6, 6.07) is 0. The molecule has 0 aromatic heterocycles. The molecule has 0 aliphatic rings. The first-order valence-electron chi connectivity index (χ1n) is 2.89. The minimum absolute atomic E-state index is 0.340. The van der Waals surface area contributed by atoms with Crippen LogP contribution in [0.2, 0.25) is 0 Å². The number of aliphatic imine (C=N–C) groups is 1. The molecule has 0 radical (unpaired) electrons. The molecule has 0 aliphatic heterocycles. The summed E-state index contributed by atoms with van der Waals surface area (Å²) in [7, 11) is 1.72. The van der Waals surface area contributed by atoms with E-state index in [1.54, 1.807) is 7.05 Å². The summed E-state index contributed by atoms with van der Waals surface area (Å²) >= 11 is 0. The summed E-state index contributed by atoms with van der Waals surface area (Å²) in [6.07, 6.45) is 0.618. The predicted molar refractivity (Wildman–Crippen MR) is 40.4 cm³/mol. The molecular weight excluding hydrogens is 114 g/mol. The van der Waals surface area contributed by atoms with Gasteiger partial charge in [-0.25, -0.2) is 0 Å². The van der Waals surface area contributed by atoms with Gasteiger partial charge in [-0.05, 0) is 6.92 Å². The first-order chi connectivity index (χ1) is 4.20. The second-order valence-electron chi connectivity index (χ2n) is 1.94. The minimum Gasteiger partial charge on any atom is -0.326 e. The Hall–Kier alpha value is -0.700. The fraction of sp³-hybridized carbons (Fsp3) is 0.667. The van der Waals surface area contributed by atoms with Crippen molar-refractivity contribution in [2.45, 2.75) is 13.3 Å². The van der Waals surface area contributed by atoms with E-state index in [9.17, 15) is 0 Å². The third-order valence-electron chi connectivity index (χ3n) is 1.10. The highest BCUT2D eigenvalue weighted by Gasteiger charge is 1.93. The van der Waals surface area contributed by atoms with E-state index in [4.69, 9.17) is 11.1 Å². The first kappa shape index (κ1) is 8.30. The van der Waals surface area contributed by atoms with Crippen molar-refractivity contribution >= 4 is 11.4 Å². The molecule has 0 atom stereocenters. The number of rotatable bonds is 3. The van der Waals surface area contributed by atoms with Crippen molar-refractivity contribution in [3.63, 3.8) is 0 Å². The molecule has 3 N–H and O–H groups in total. The average molecular weight is 127 g/mol. The molecule has 0 rings (SSSR count). The lowest BCUT2D eigenvalue weighted by molar-refractivity contribution is 1.21. The van der Waals surface area contributed by atoms with Crippen molar-refractivity contribution in [2.75, 3.05) is 13.6 Å². The quantitative estimate of drug-likeness (QED) is 0.531. The van der Waals surface area contributed by atoms with Gasteiger partial charge < -0.3 is 11.1 Å². The van der Waals surface area contributed by atoms with Gasteiger partial charge in [0, 0.05) is 31.4 Å². The van der Waals surface area contributed by atoms with Crippen LogP contribution in [0.5, 0.6) is 0 Å². The van der Waals surface area contributed by atoms with E-state index >= 15 is 0 Å². The van der Waals surface area contributed by atoms with Crippen molar-refractivity contribution < 1.29 is 0 Å². The zero-order chi connectivity index (χ0) is 7.28. The third kappa shape index (κ3) is 3.85. The average Bonchev–Trinajstić information content (AvgIpc) is 1.87. The number of nitrogens with two attached hydrogens (primary N) is 1. The molecule has 9 heavy (non-hydrogen) atoms. The summed E-state index contributed by atoms with van der Waals surface area (Å²) < 4.78 is 0. The molecule has 0 saturated heterocycles. The van der Waals surface area contributed by atoms with E-state index in [1.165, 1.54) is 0 Å². The number of hydrogen-bond acceptors (Lipinski definition) is 3. The first-order valence-corrected chi connectivity index (χ1v) is 2.89. The van der Waals surface area contributed by atoms with E-state index in [0.717, 1.165) is 5.71 Å². The summed E-state index contributed by atoms with van der Waals surface area (Å²) in [5.74, 6) is 0. The van der Waals surface area contributed by atoms with Gasteiger partial charge in [-0.1, -0.05) is 0 Å².